The van der Waals surface area contributed by atoms with E-state index in [0.717, 1.165) is 12.0 Å². The van der Waals surface area contributed by atoms with E-state index in [0.29, 0.717) is 24.2 Å². The van der Waals surface area contributed by atoms with Gasteiger partial charge in [0, 0.05) is 12.5 Å². The van der Waals surface area contributed by atoms with E-state index in [1.807, 2.05) is 0 Å². The van der Waals surface area contributed by atoms with Crippen molar-refractivity contribution in [3.8, 4) is 11.5 Å². The minimum absolute atomic E-state index is 0.00866. The fourth-order valence-corrected chi connectivity index (χ4v) is 1.33. The van der Waals surface area contributed by atoms with Crippen LogP contribution in [-0.4, -0.2) is 18.0 Å². The van der Waals surface area contributed by atoms with Crippen LogP contribution in [0, 0.1) is 0 Å². The van der Waals surface area contributed by atoms with Crippen molar-refractivity contribution in [3.05, 3.63) is 23.3 Å². The van der Waals surface area contributed by atoms with E-state index in [9.17, 15) is 9.90 Å². The molecule has 0 aliphatic carbocycles. The van der Waals surface area contributed by atoms with Gasteiger partial charge in [-0.1, -0.05) is 0 Å². The van der Waals surface area contributed by atoms with Crippen molar-refractivity contribution in [2.75, 3.05) is 6.61 Å². The predicted octanol–water partition coefficient (Wildman–Crippen LogP) is 1.14. The Bertz CT molecular complexity index is 331. The van der Waals surface area contributed by atoms with Crippen LogP contribution in [0.25, 0.3) is 0 Å². The van der Waals surface area contributed by atoms with Crippen LogP contribution >= 0.6 is 0 Å². The highest BCUT2D eigenvalue weighted by Crippen LogP contribution is 2.31. The van der Waals surface area contributed by atoms with E-state index in [1.54, 1.807) is 6.07 Å². The topological polar surface area (TPSA) is 46.5 Å². The molecule has 0 unspecified atom stereocenters. The number of phenolic OH excluding ortho intramolecular Hbond substituents is 1. The lowest BCUT2D eigenvalue weighted by atomic mass is 10.1. The third-order valence-corrected chi connectivity index (χ3v) is 1.97. The van der Waals surface area contributed by atoms with Gasteiger partial charge in [0.2, 0.25) is 0 Å². The molecular formula is C9H8O3. The minimum atomic E-state index is -0.00866. The summed E-state index contributed by atoms with van der Waals surface area (Å²) < 4.78 is 5.20. The fourth-order valence-electron chi connectivity index (χ4n) is 1.33. The molecule has 0 atom stereocenters. The monoisotopic (exact) mass is 164 g/mol. The summed E-state index contributed by atoms with van der Waals surface area (Å²) in [6, 6.07) is 3.16. The van der Waals surface area contributed by atoms with Gasteiger partial charge in [-0.05, 0) is 11.6 Å². The van der Waals surface area contributed by atoms with E-state index in [2.05, 4.69) is 0 Å². The molecule has 1 aliphatic heterocycles. The Morgan fingerprint density at radius 2 is 2.33 bits per heavy atom. The standard InChI is InChI=1S/C9H8O3/c10-5-7-3-6-1-2-12-9(6)4-8(7)11/h3-5,11H,1-2H2. The number of hydrogen-bond acceptors (Lipinski definition) is 3. The average molecular weight is 164 g/mol. The third-order valence-electron chi connectivity index (χ3n) is 1.97. The van der Waals surface area contributed by atoms with Crippen LogP contribution < -0.4 is 4.74 Å². The lowest BCUT2D eigenvalue weighted by molar-refractivity contribution is 0.112. The van der Waals surface area contributed by atoms with Crippen LogP contribution in [0.2, 0.25) is 0 Å². The number of carbonyl (C=O) groups excluding carboxylic acids is 1. The van der Waals surface area contributed by atoms with E-state index in [-0.39, 0.29) is 5.75 Å². The first kappa shape index (κ1) is 7.16. The van der Waals surface area contributed by atoms with Crippen molar-refractivity contribution in [2.24, 2.45) is 0 Å². The Morgan fingerprint density at radius 1 is 1.50 bits per heavy atom. The molecule has 0 aromatic heterocycles. The van der Waals surface area contributed by atoms with Crippen molar-refractivity contribution in [1.82, 2.24) is 0 Å². The lowest BCUT2D eigenvalue weighted by Gasteiger charge is -2.01. The third kappa shape index (κ3) is 0.942. The zero-order chi connectivity index (χ0) is 8.55. The molecule has 0 saturated heterocycles. The second-order valence-corrected chi connectivity index (χ2v) is 2.74. The van der Waals surface area contributed by atoms with Crippen LogP contribution in [0.5, 0.6) is 11.5 Å². The van der Waals surface area contributed by atoms with Gasteiger partial charge in [-0.3, -0.25) is 4.79 Å². The Morgan fingerprint density at radius 3 is 3.08 bits per heavy atom. The summed E-state index contributed by atoms with van der Waals surface area (Å²) in [6.07, 6.45) is 1.46. The smallest absolute Gasteiger partial charge is 0.153 e. The number of rotatable bonds is 1. The first-order valence-corrected chi connectivity index (χ1v) is 3.75. The number of phenols is 1. The zero-order valence-electron chi connectivity index (χ0n) is 6.41. The molecule has 2 rings (SSSR count). The van der Waals surface area contributed by atoms with Crippen LogP contribution in [-0.2, 0) is 6.42 Å². The molecule has 0 radical (unpaired) electrons. The number of fused-ring (bicyclic) bond motifs is 1. The first-order chi connectivity index (χ1) is 5.81. The largest absolute Gasteiger partial charge is 0.507 e. The maximum atomic E-state index is 10.4. The normalized spacial score (nSPS) is 13.7. The van der Waals surface area contributed by atoms with Crippen molar-refractivity contribution >= 4 is 6.29 Å². The lowest BCUT2D eigenvalue weighted by Crippen LogP contribution is -1.85. The molecule has 0 spiro atoms. The molecule has 3 heteroatoms. The van der Waals surface area contributed by atoms with Gasteiger partial charge in [0.1, 0.15) is 11.5 Å². The van der Waals surface area contributed by atoms with Gasteiger partial charge in [-0.2, -0.15) is 0 Å². The van der Waals surface area contributed by atoms with Crippen molar-refractivity contribution in [1.29, 1.82) is 0 Å². The van der Waals surface area contributed by atoms with Gasteiger partial charge in [-0.15, -0.1) is 0 Å². The molecule has 0 fully saturated rings. The average Bonchev–Trinajstić information content (AvgIpc) is 2.49. The summed E-state index contributed by atoms with van der Waals surface area (Å²) in [5.41, 5.74) is 1.33. The zero-order valence-corrected chi connectivity index (χ0v) is 6.41. The molecule has 0 amide bonds. The Kier molecular flexibility index (Phi) is 1.50. The second-order valence-electron chi connectivity index (χ2n) is 2.74. The van der Waals surface area contributed by atoms with Gasteiger partial charge in [0.25, 0.3) is 0 Å². The van der Waals surface area contributed by atoms with Crippen molar-refractivity contribution in [2.45, 2.75) is 6.42 Å². The Balaban J connectivity index is 2.56. The molecule has 1 aromatic rings. The van der Waals surface area contributed by atoms with Gasteiger partial charge < -0.3 is 9.84 Å². The summed E-state index contributed by atoms with van der Waals surface area (Å²) in [6.45, 7) is 0.636. The molecule has 1 aliphatic rings. The Hall–Kier alpha value is -1.51. The van der Waals surface area contributed by atoms with E-state index >= 15 is 0 Å². The van der Waals surface area contributed by atoms with E-state index in [1.165, 1.54) is 6.07 Å². The van der Waals surface area contributed by atoms with E-state index in [4.69, 9.17) is 4.74 Å². The number of benzene rings is 1. The van der Waals surface area contributed by atoms with Crippen molar-refractivity contribution < 1.29 is 14.6 Å². The minimum Gasteiger partial charge on any atom is -0.507 e. The highest BCUT2D eigenvalue weighted by atomic mass is 16.5. The molecule has 1 heterocycles. The number of ether oxygens (including phenoxy) is 1. The predicted molar refractivity (Wildman–Crippen MR) is 42.7 cm³/mol. The van der Waals surface area contributed by atoms with Crippen LogP contribution in [0.1, 0.15) is 15.9 Å². The molecule has 0 bridgehead atoms. The van der Waals surface area contributed by atoms with Crippen LogP contribution in [0.15, 0.2) is 12.1 Å². The SMILES string of the molecule is O=Cc1cc2c(cc1O)OCC2. The number of aldehydes is 1. The fraction of sp³-hybridized carbons (Fsp3) is 0.222. The van der Waals surface area contributed by atoms with Gasteiger partial charge >= 0.3 is 0 Å². The maximum Gasteiger partial charge on any atom is 0.153 e. The van der Waals surface area contributed by atoms with Gasteiger partial charge in [0.15, 0.2) is 6.29 Å². The van der Waals surface area contributed by atoms with Gasteiger partial charge in [0.05, 0.1) is 12.2 Å². The van der Waals surface area contributed by atoms with Crippen LogP contribution in [0.4, 0.5) is 0 Å². The first-order valence-electron chi connectivity index (χ1n) is 3.75. The highest BCUT2D eigenvalue weighted by Gasteiger charge is 2.14. The number of carbonyl (C=O) groups is 1. The molecule has 0 saturated carbocycles. The van der Waals surface area contributed by atoms with Crippen molar-refractivity contribution in [3.63, 3.8) is 0 Å². The van der Waals surface area contributed by atoms with E-state index < -0.39 is 0 Å². The summed E-state index contributed by atoms with van der Waals surface area (Å²) in [5.74, 6) is 0.684. The van der Waals surface area contributed by atoms with Gasteiger partial charge in [-0.25, -0.2) is 0 Å². The highest BCUT2D eigenvalue weighted by molar-refractivity contribution is 5.80. The number of aromatic hydroxyl groups is 1. The number of hydrogen-bond donors (Lipinski definition) is 1. The maximum absolute atomic E-state index is 10.4. The summed E-state index contributed by atoms with van der Waals surface area (Å²) >= 11 is 0. The molecular weight excluding hydrogens is 156 g/mol. The summed E-state index contributed by atoms with van der Waals surface area (Å²) in [4.78, 5) is 10.4. The van der Waals surface area contributed by atoms with Crippen LogP contribution in [0.3, 0.4) is 0 Å². The molecule has 12 heavy (non-hydrogen) atoms. The summed E-state index contributed by atoms with van der Waals surface area (Å²) in [5, 5.41) is 9.26. The molecule has 1 N–H and O–H groups in total. The second kappa shape index (κ2) is 2.52. The molecule has 3 nitrogen and oxygen atoms in total. The summed E-state index contributed by atoms with van der Waals surface area (Å²) in [7, 11) is 0. The molecule has 62 valence electrons. The Labute approximate surface area is 69.6 Å². The quantitative estimate of drug-likeness (QED) is 0.633. The molecule has 1 aromatic carbocycles.